The van der Waals surface area contributed by atoms with E-state index in [0.717, 1.165) is 42.6 Å². The average molecular weight is 414 g/mol. The van der Waals surface area contributed by atoms with E-state index in [0.29, 0.717) is 29.5 Å². The Morgan fingerprint density at radius 2 is 1.90 bits per heavy atom. The van der Waals surface area contributed by atoms with Gasteiger partial charge in [-0.15, -0.1) is 0 Å². The van der Waals surface area contributed by atoms with Gasteiger partial charge in [0.2, 0.25) is 0 Å². The summed E-state index contributed by atoms with van der Waals surface area (Å²) in [6.07, 6.45) is 8.04. The number of aromatic nitrogens is 1. The van der Waals surface area contributed by atoms with Gasteiger partial charge in [-0.1, -0.05) is 24.3 Å². The van der Waals surface area contributed by atoms with Gasteiger partial charge in [0.1, 0.15) is 5.75 Å². The van der Waals surface area contributed by atoms with Crippen LogP contribution in [-0.2, 0) is 0 Å². The van der Waals surface area contributed by atoms with E-state index >= 15 is 0 Å². The molecular formula is C26H27N3O2. The minimum atomic E-state index is -0.0479. The van der Waals surface area contributed by atoms with Crippen LogP contribution in [0.25, 0.3) is 11.1 Å². The lowest BCUT2D eigenvalue weighted by molar-refractivity contribution is 0.0943. The Bertz CT molecular complexity index is 1070. The van der Waals surface area contributed by atoms with Crippen molar-refractivity contribution in [2.75, 3.05) is 13.7 Å². The number of nitrogens with one attached hydrogen (secondary N) is 2. The van der Waals surface area contributed by atoms with E-state index in [2.05, 4.69) is 28.5 Å². The van der Waals surface area contributed by atoms with Gasteiger partial charge in [0.15, 0.2) is 0 Å². The second-order valence-electron chi connectivity index (χ2n) is 8.18. The van der Waals surface area contributed by atoms with Gasteiger partial charge in [0.25, 0.3) is 5.91 Å². The predicted molar refractivity (Wildman–Crippen MR) is 121 cm³/mol. The fourth-order valence-corrected chi connectivity index (χ4v) is 4.44. The maximum Gasteiger partial charge on any atom is 0.253 e. The first-order valence-corrected chi connectivity index (χ1v) is 10.8. The molecule has 0 radical (unpaired) electrons. The molecule has 1 aliphatic rings. The average Bonchev–Trinajstić information content (AvgIpc) is 3.33. The lowest BCUT2D eigenvalue weighted by Crippen LogP contribution is -2.31. The van der Waals surface area contributed by atoms with Gasteiger partial charge in [0.05, 0.1) is 24.3 Å². The SMILES string of the molecule is COc1cccc(-c2c[nH]cc2C(=O)NCC2CCC(c3ccc(C#N)cc3)CC2)c1. The quantitative estimate of drug-likeness (QED) is 0.578. The first-order chi connectivity index (χ1) is 15.2. The first kappa shape index (κ1) is 20.7. The van der Waals surface area contributed by atoms with Crippen molar-refractivity contribution >= 4 is 5.91 Å². The van der Waals surface area contributed by atoms with Crippen molar-refractivity contribution in [3.63, 3.8) is 0 Å². The molecule has 2 aromatic carbocycles. The van der Waals surface area contributed by atoms with E-state index in [1.165, 1.54) is 5.56 Å². The highest BCUT2D eigenvalue weighted by molar-refractivity contribution is 6.00. The van der Waals surface area contributed by atoms with Crippen LogP contribution in [0.2, 0.25) is 0 Å². The van der Waals surface area contributed by atoms with Crippen LogP contribution in [0, 0.1) is 17.2 Å². The highest BCUT2D eigenvalue weighted by Crippen LogP contribution is 2.35. The molecule has 1 fully saturated rings. The number of carbonyl (C=O) groups excluding carboxylic acids is 1. The van der Waals surface area contributed by atoms with Crippen LogP contribution < -0.4 is 10.1 Å². The van der Waals surface area contributed by atoms with Crippen molar-refractivity contribution in [1.29, 1.82) is 5.26 Å². The molecule has 2 N–H and O–H groups in total. The molecule has 4 rings (SSSR count). The van der Waals surface area contributed by atoms with Crippen LogP contribution in [0.5, 0.6) is 5.75 Å². The van der Waals surface area contributed by atoms with Gasteiger partial charge < -0.3 is 15.0 Å². The fraction of sp³-hybridized carbons (Fsp3) is 0.308. The number of ether oxygens (including phenoxy) is 1. The summed E-state index contributed by atoms with van der Waals surface area (Å²) in [7, 11) is 1.64. The predicted octanol–water partition coefficient (Wildman–Crippen LogP) is 5.27. The Morgan fingerprint density at radius 1 is 1.13 bits per heavy atom. The minimum absolute atomic E-state index is 0.0479. The summed E-state index contributed by atoms with van der Waals surface area (Å²) < 4.78 is 5.31. The molecule has 1 amide bonds. The zero-order valence-electron chi connectivity index (χ0n) is 17.7. The van der Waals surface area contributed by atoms with Gasteiger partial charge in [-0.05, 0) is 72.9 Å². The molecule has 1 saturated carbocycles. The van der Waals surface area contributed by atoms with E-state index in [-0.39, 0.29) is 5.91 Å². The molecule has 158 valence electrons. The monoisotopic (exact) mass is 413 g/mol. The molecule has 1 aliphatic carbocycles. The number of hydrogen-bond acceptors (Lipinski definition) is 3. The highest BCUT2D eigenvalue weighted by atomic mass is 16.5. The van der Waals surface area contributed by atoms with Crippen molar-refractivity contribution in [3.8, 4) is 22.9 Å². The second-order valence-corrected chi connectivity index (χ2v) is 8.18. The van der Waals surface area contributed by atoms with Crippen LogP contribution in [0.15, 0.2) is 60.9 Å². The normalized spacial score (nSPS) is 18.2. The fourth-order valence-electron chi connectivity index (χ4n) is 4.44. The summed E-state index contributed by atoms with van der Waals surface area (Å²) in [4.78, 5) is 15.9. The summed E-state index contributed by atoms with van der Waals surface area (Å²) in [6, 6.07) is 17.9. The number of aromatic amines is 1. The summed E-state index contributed by atoms with van der Waals surface area (Å²) in [5.74, 6) is 1.76. The number of nitrogens with zero attached hydrogens (tertiary/aromatic N) is 1. The van der Waals surface area contributed by atoms with E-state index in [1.807, 2.05) is 42.6 Å². The van der Waals surface area contributed by atoms with E-state index in [4.69, 9.17) is 10.00 Å². The molecule has 3 aromatic rings. The molecule has 0 saturated heterocycles. The Balaban J connectivity index is 1.32. The second kappa shape index (κ2) is 9.53. The molecule has 0 aliphatic heterocycles. The standard InChI is InChI=1S/C26H27N3O2/c1-31-23-4-2-3-22(13-23)24-16-28-17-25(24)26(30)29-15-19-7-11-21(12-8-19)20-9-5-18(14-27)6-10-20/h2-6,9-10,13,16-17,19,21,28H,7-8,11-12,15H2,1H3,(H,29,30). The summed E-state index contributed by atoms with van der Waals surface area (Å²) in [5.41, 5.74) is 4.50. The molecule has 0 bridgehead atoms. The van der Waals surface area contributed by atoms with Crippen LogP contribution >= 0.6 is 0 Å². The molecule has 5 nitrogen and oxygen atoms in total. The Labute approximate surface area is 183 Å². The first-order valence-electron chi connectivity index (χ1n) is 10.8. The van der Waals surface area contributed by atoms with E-state index < -0.39 is 0 Å². The number of carbonyl (C=O) groups is 1. The number of methoxy groups -OCH3 is 1. The number of nitriles is 1. The Hall–Kier alpha value is -3.52. The largest absolute Gasteiger partial charge is 0.497 e. The summed E-state index contributed by atoms with van der Waals surface area (Å²) >= 11 is 0. The molecule has 0 atom stereocenters. The van der Waals surface area contributed by atoms with Gasteiger partial charge in [-0.2, -0.15) is 5.26 Å². The molecule has 0 spiro atoms. The van der Waals surface area contributed by atoms with Gasteiger partial charge in [0, 0.05) is 24.5 Å². The Morgan fingerprint density at radius 3 is 2.61 bits per heavy atom. The van der Waals surface area contributed by atoms with Crippen molar-refractivity contribution in [1.82, 2.24) is 10.3 Å². The zero-order valence-corrected chi connectivity index (χ0v) is 17.7. The summed E-state index contributed by atoms with van der Waals surface area (Å²) in [6.45, 7) is 0.696. The van der Waals surface area contributed by atoms with Gasteiger partial charge >= 0.3 is 0 Å². The lowest BCUT2D eigenvalue weighted by Gasteiger charge is -2.29. The maximum absolute atomic E-state index is 12.9. The van der Waals surface area contributed by atoms with Crippen molar-refractivity contribution < 1.29 is 9.53 Å². The smallest absolute Gasteiger partial charge is 0.253 e. The lowest BCUT2D eigenvalue weighted by atomic mass is 9.78. The van der Waals surface area contributed by atoms with E-state index in [9.17, 15) is 4.79 Å². The zero-order chi connectivity index (χ0) is 21.6. The number of H-pyrrole nitrogens is 1. The van der Waals surface area contributed by atoms with Crippen molar-refractivity contribution in [2.45, 2.75) is 31.6 Å². The van der Waals surface area contributed by atoms with E-state index in [1.54, 1.807) is 13.3 Å². The highest BCUT2D eigenvalue weighted by Gasteiger charge is 2.23. The topological polar surface area (TPSA) is 77.9 Å². The molecule has 1 aromatic heterocycles. The van der Waals surface area contributed by atoms with Crippen LogP contribution in [-0.4, -0.2) is 24.5 Å². The van der Waals surface area contributed by atoms with Crippen LogP contribution in [0.3, 0.4) is 0 Å². The molecular weight excluding hydrogens is 386 g/mol. The molecule has 1 heterocycles. The third-order valence-corrected chi connectivity index (χ3v) is 6.28. The maximum atomic E-state index is 12.9. The van der Waals surface area contributed by atoms with Gasteiger partial charge in [-0.25, -0.2) is 0 Å². The number of benzene rings is 2. The minimum Gasteiger partial charge on any atom is -0.497 e. The molecule has 5 heteroatoms. The summed E-state index contributed by atoms with van der Waals surface area (Å²) in [5, 5.41) is 12.1. The molecule has 0 unspecified atom stereocenters. The van der Waals surface area contributed by atoms with Crippen LogP contribution in [0.4, 0.5) is 0 Å². The van der Waals surface area contributed by atoms with Crippen molar-refractivity contribution in [2.24, 2.45) is 5.92 Å². The van der Waals surface area contributed by atoms with Crippen molar-refractivity contribution in [3.05, 3.63) is 77.6 Å². The number of rotatable bonds is 6. The third-order valence-electron chi connectivity index (χ3n) is 6.28. The number of amides is 1. The Kier molecular flexibility index (Phi) is 6.37. The number of hydrogen-bond donors (Lipinski definition) is 2. The van der Waals surface area contributed by atoms with Crippen LogP contribution in [0.1, 0.15) is 53.1 Å². The molecule has 31 heavy (non-hydrogen) atoms. The van der Waals surface area contributed by atoms with Gasteiger partial charge in [-0.3, -0.25) is 4.79 Å². The third kappa shape index (κ3) is 4.80.